The minimum atomic E-state index is -0.164. The number of hydrogen-bond acceptors (Lipinski definition) is 1. The summed E-state index contributed by atoms with van der Waals surface area (Å²) < 4.78 is 13.1. The maximum Gasteiger partial charge on any atom is 0.119 e. The highest BCUT2D eigenvalue weighted by atomic mass is 35.5. The van der Waals surface area contributed by atoms with E-state index in [1.165, 1.54) is 6.42 Å². The van der Waals surface area contributed by atoms with E-state index in [1.54, 1.807) is 6.08 Å². The van der Waals surface area contributed by atoms with Gasteiger partial charge < -0.3 is 5.32 Å². The normalized spacial score (nSPS) is 34.3. The second-order valence-electron chi connectivity index (χ2n) is 3.68. The van der Waals surface area contributed by atoms with Crippen LogP contribution in [0.25, 0.3) is 0 Å². The molecule has 2 rings (SSSR count). The third-order valence-electron chi connectivity index (χ3n) is 2.78. The zero-order valence-corrected chi connectivity index (χ0v) is 8.15. The molecule has 0 aromatic carbocycles. The van der Waals surface area contributed by atoms with E-state index in [4.69, 9.17) is 11.6 Å². The molecule has 2 aliphatic rings. The first-order valence-corrected chi connectivity index (χ1v) is 5.11. The minimum Gasteiger partial charge on any atom is -0.313 e. The first-order valence-electron chi connectivity index (χ1n) is 4.73. The van der Waals surface area contributed by atoms with E-state index in [2.05, 4.69) is 5.32 Å². The summed E-state index contributed by atoms with van der Waals surface area (Å²) in [6.07, 6.45) is 6.53. The first kappa shape index (κ1) is 9.22. The smallest absolute Gasteiger partial charge is 0.119 e. The number of halogens is 2. The van der Waals surface area contributed by atoms with Crippen LogP contribution in [0.1, 0.15) is 19.3 Å². The van der Waals surface area contributed by atoms with Crippen molar-refractivity contribution in [2.45, 2.75) is 25.3 Å². The van der Waals surface area contributed by atoms with Gasteiger partial charge >= 0.3 is 0 Å². The molecule has 0 spiro atoms. The van der Waals surface area contributed by atoms with Gasteiger partial charge in [-0.15, -0.1) is 0 Å². The predicted molar refractivity (Wildman–Crippen MR) is 52.3 cm³/mol. The van der Waals surface area contributed by atoms with Crippen LogP contribution in [0.4, 0.5) is 4.39 Å². The fraction of sp³-hybridized carbons (Fsp3) is 0.600. The van der Waals surface area contributed by atoms with Crippen molar-refractivity contribution in [3.8, 4) is 0 Å². The van der Waals surface area contributed by atoms with Gasteiger partial charge in [-0.1, -0.05) is 17.7 Å². The third-order valence-corrected chi connectivity index (χ3v) is 3.11. The fourth-order valence-corrected chi connectivity index (χ4v) is 2.17. The van der Waals surface area contributed by atoms with Crippen molar-refractivity contribution in [1.82, 2.24) is 5.32 Å². The molecule has 1 N–H and O–H groups in total. The van der Waals surface area contributed by atoms with Crippen LogP contribution in [0.15, 0.2) is 23.0 Å². The van der Waals surface area contributed by atoms with Crippen molar-refractivity contribution < 1.29 is 4.39 Å². The van der Waals surface area contributed by atoms with Gasteiger partial charge in [0.25, 0.3) is 0 Å². The number of nitrogens with one attached hydrogen (secondary N) is 1. The second kappa shape index (κ2) is 3.81. The lowest BCUT2D eigenvalue weighted by molar-refractivity contribution is 0.416. The van der Waals surface area contributed by atoms with Crippen molar-refractivity contribution in [3.63, 3.8) is 0 Å². The largest absolute Gasteiger partial charge is 0.313 e. The van der Waals surface area contributed by atoms with Gasteiger partial charge in [0.1, 0.15) is 5.83 Å². The number of rotatable bonds is 1. The second-order valence-corrected chi connectivity index (χ2v) is 4.09. The van der Waals surface area contributed by atoms with Gasteiger partial charge in [0.15, 0.2) is 0 Å². The molecule has 0 aromatic rings. The van der Waals surface area contributed by atoms with E-state index < -0.39 is 0 Å². The van der Waals surface area contributed by atoms with Crippen molar-refractivity contribution in [2.24, 2.45) is 5.92 Å². The molecular formula is C10H13ClFN. The maximum absolute atomic E-state index is 13.1. The Hall–Kier alpha value is -0.340. The fourth-order valence-electron chi connectivity index (χ4n) is 2.02. The molecule has 2 atom stereocenters. The lowest BCUT2D eigenvalue weighted by Crippen LogP contribution is -2.30. The van der Waals surface area contributed by atoms with Gasteiger partial charge in [0.2, 0.25) is 0 Å². The topological polar surface area (TPSA) is 12.0 Å². The maximum atomic E-state index is 13.1. The van der Waals surface area contributed by atoms with Gasteiger partial charge in [0.05, 0.1) is 5.03 Å². The summed E-state index contributed by atoms with van der Waals surface area (Å²) in [7, 11) is 0. The van der Waals surface area contributed by atoms with Crippen LogP contribution >= 0.6 is 11.6 Å². The Morgan fingerprint density at radius 1 is 1.54 bits per heavy atom. The molecule has 1 unspecified atom stereocenters. The van der Waals surface area contributed by atoms with Crippen molar-refractivity contribution in [1.29, 1.82) is 0 Å². The minimum absolute atomic E-state index is 0.164. The predicted octanol–water partition coefficient (Wildman–Crippen LogP) is 2.73. The number of allylic oxidation sites excluding steroid dienone is 3. The molecule has 0 saturated carbocycles. The lowest BCUT2D eigenvalue weighted by atomic mass is 9.91. The van der Waals surface area contributed by atoms with Crippen LogP contribution in [0, 0.1) is 5.92 Å². The zero-order chi connectivity index (χ0) is 9.26. The average Bonchev–Trinajstić information content (AvgIpc) is 2.62. The first-order chi connectivity index (χ1) is 6.27. The summed E-state index contributed by atoms with van der Waals surface area (Å²) in [5.74, 6) is 0.132. The highest BCUT2D eigenvalue weighted by Crippen LogP contribution is 2.31. The van der Waals surface area contributed by atoms with Gasteiger partial charge in [0, 0.05) is 12.5 Å². The van der Waals surface area contributed by atoms with E-state index in [-0.39, 0.29) is 10.9 Å². The molecule has 1 nitrogen and oxygen atoms in total. The molecular weight excluding hydrogens is 189 g/mol. The van der Waals surface area contributed by atoms with Crippen LogP contribution in [0.3, 0.4) is 0 Å². The molecule has 0 aromatic heterocycles. The molecule has 1 fully saturated rings. The summed E-state index contributed by atoms with van der Waals surface area (Å²) in [5, 5.41) is 3.65. The third kappa shape index (κ3) is 1.94. The Bertz CT molecular complexity index is 254. The molecule has 13 heavy (non-hydrogen) atoms. The standard InChI is InChI=1S/C10H13ClFN/c11-8-4-3-7(6-9(8)12)10-2-1-5-13-10/h3-4,7,10,13H,1-2,5-6H2/t7-,10?/m1/s1. The Morgan fingerprint density at radius 2 is 2.38 bits per heavy atom. The average molecular weight is 202 g/mol. The molecule has 3 heteroatoms. The van der Waals surface area contributed by atoms with E-state index in [0.29, 0.717) is 18.4 Å². The molecule has 0 amide bonds. The van der Waals surface area contributed by atoms with E-state index >= 15 is 0 Å². The molecule has 0 bridgehead atoms. The highest BCUT2D eigenvalue weighted by Gasteiger charge is 2.26. The van der Waals surface area contributed by atoms with Gasteiger partial charge in [-0.2, -0.15) is 0 Å². The molecule has 1 saturated heterocycles. The molecule has 1 aliphatic carbocycles. The van der Waals surface area contributed by atoms with E-state index in [9.17, 15) is 4.39 Å². The Labute approximate surface area is 82.7 Å². The van der Waals surface area contributed by atoms with Crippen LogP contribution in [-0.4, -0.2) is 12.6 Å². The van der Waals surface area contributed by atoms with E-state index in [0.717, 1.165) is 13.0 Å². The van der Waals surface area contributed by atoms with Gasteiger partial charge in [-0.25, -0.2) is 4.39 Å². The van der Waals surface area contributed by atoms with Crippen molar-refractivity contribution in [3.05, 3.63) is 23.0 Å². The Balaban J connectivity index is 2.01. The summed E-state index contributed by atoms with van der Waals surface area (Å²) in [5.41, 5.74) is 0. The van der Waals surface area contributed by atoms with Crippen LogP contribution in [0.5, 0.6) is 0 Å². The summed E-state index contributed by atoms with van der Waals surface area (Å²) >= 11 is 5.64. The van der Waals surface area contributed by atoms with Gasteiger partial charge in [-0.3, -0.25) is 0 Å². The number of hydrogen-bond donors (Lipinski definition) is 1. The van der Waals surface area contributed by atoms with Crippen LogP contribution in [0.2, 0.25) is 0 Å². The molecule has 1 heterocycles. The summed E-state index contributed by atoms with van der Waals surface area (Å²) in [4.78, 5) is 0. The van der Waals surface area contributed by atoms with E-state index in [1.807, 2.05) is 6.08 Å². The molecule has 1 aliphatic heterocycles. The summed E-state index contributed by atoms with van der Waals surface area (Å²) in [6, 6.07) is 0.451. The highest BCUT2D eigenvalue weighted by molar-refractivity contribution is 6.31. The molecule has 0 radical (unpaired) electrons. The molecule has 72 valence electrons. The summed E-state index contributed by atoms with van der Waals surface area (Å²) in [6.45, 7) is 1.06. The van der Waals surface area contributed by atoms with Crippen molar-refractivity contribution >= 4 is 11.6 Å². The lowest BCUT2D eigenvalue weighted by Gasteiger charge is -2.22. The van der Waals surface area contributed by atoms with Crippen molar-refractivity contribution in [2.75, 3.05) is 6.54 Å². The Morgan fingerprint density at radius 3 is 3.00 bits per heavy atom. The SMILES string of the molecule is FC1=C(Cl)C=C[C@@H](C2CCCN2)C1. The Kier molecular flexibility index (Phi) is 2.70. The zero-order valence-electron chi connectivity index (χ0n) is 7.39. The monoisotopic (exact) mass is 201 g/mol. The quantitative estimate of drug-likeness (QED) is 0.688. The van der Waals surface area contributed by atoms with Gasteiger partial charge in [-0.05, 0) is 31.4 Å². The van der Waals surface area contributed by atoms with Crippen LogP contribution < -0.4 is 5.32 Å². The van der Waals surface area contributed by atoms with Crippen LogP contribution in [-0.2, 0) is 0 Å².